The van der Waals surface area contributed by atoms with Gasteiger partial charge < -0.3 is 9.30 Å². The Bertz CT molecular complexity index is 722. The third kappa shape index (κ3) is 2.46. The Hall–Kier alpha value is -1.52. The molecule has 1 aromatic heterocycles. The van der Waals surface area contributed by atoms with Crippen LogP contribution in [0.3, 0.4) is 0 Å². The molecule has 2 rings (SSSR count). The molecule has 0 aliphatic heterocycles. The molecular formula is C13H11Cl2NO3. The number of pyridine rings is 1. The molecule has 0 aliphatic rings. The number of carbonyl (C=O) groups is 1. The second-order valence-corrected chi connectivity index (χ2v) is 4.83. The van der Waals surface area contributed by atoms with Gasteiger partial charge in [0.05, 0.1) is 22.5 Å². The summed E-state index contributed by atoms with van der Waals surface area (Å²) in [6, 6.07) is 3.10. The average Bonchev–Trinajstić information content (AvgIpc) is 2.33. The van der Waals surface area contributed by atoms with Crippen molar-refractivity contribution in [2.75, 3.05) is 6.61 Å². The van der Waals surface area contributed by atoms with Crippen molar-refractivity contribution in [1.29, 1.82) is 0 Å². The minimum absolute atomic E-state index is 0.0407. The zero-order chi connectivity index (χ0) is 14.2. The molecule has 0 N–H and O–H groups in total. The Labute approximate surface area is 119 Å². The highest BCUT2D eigenvalue weighted by Crippen LogP contribution is 2.25. The second-order valence-electron chi connectivity index (χ2n) is 3.99. The summed E-state index contributed by atoms with van der Waals surface area (Å²) in [5.74, 6) is -0.656. The molecule has 0 spiro atoms. The normalized spacial score (nSPS) is 10.7. The molecule has 2 aromatic rings. The Morgan fingerprint density at radius 2 is 2.05 bits per heavy atom. The van der Waals surface area contributed by atoms with E-state index in [9.17, 15) is 9.59 Å². The van der Waals surface area contributed by atoms with E-state index in [4.69, 9.17) is 27.9 Å². The predicted octanol–water partition coefficient (Wildman–Crippen LogP) is 3.02. The molecule has 0 aliphatic carbocycles. The highest BCUT2D eigenvalue weighted by molar-refractivity contribution is 6.38. The molecule has 0 saturated heterocycles. The lowest BCUT2D eigenvalue weighted by atomic mass is 10.1. The molecule has 1 heterocycles. The first-order valence-corrected chi connectivity index (χ1v) is 6.36. The van der Waals surface area contributed by atoms with Crippen LogP contribution in [-0.4, -0.2) is 17.1 Å². The van der Waals surface area contributed by atoms with Gasteiger partial charge in [-0.2, -0.15) is 0 Å². The van der Waals surface area contributed by atoms with E-state index in [0.717, 1.165) is 0 Å². The summed E-state index contributed by atoms with van der Waals surface area (Å²) in [7, 11) is 1.71. The van der Waals surface area contributed by atoms with E-state index < -0.39 is 11.4 Å². The van der Waals surface area contributed by atoms with Crippen LogP contribution in [0.15, 0.2) is 23.1 Å². The summed E-state index contributed by atoms with van der Waals surface area (Å²) in [5, 5.41) is 0.907. The summed E-state index contributed by atoms with van der Waals surface area (Å²) in [6.07, 6.45) is 1.43. The minimum Gasteiger partial charge on any atom is -0.462 e. The van der Waals surface area contributed by atoms with Crippen LogP contribution in [0.5, 0.6) is 0 Å². The fourth-order valence-corrected chi connectivity index (χ4v) is 2.44. The SMILES string of the molecule is CCOC(=O)c1cn(C)c2cc(Cl)cc(Cl)c2c1=O. The second kappa shape index (κ2) is 5.23. The molecule has 0 unspecified atom stereocenters. The van der Waals surface area contributed by atoms with Crippen LogP contribution in [0.4, 0.5) is 0 Å². The lowest BCUT2D eigenvalue weighted by Gasteiger charge is -2.10. The van der Waals surface area contributed by atoms with Crippen LogP contribution in [0.1, 0.15) is 17.3 Å². The monoisotopic (exact) mass is 299 g/mol. The van der Waals surface area contributed by atoms with Gasteiger partial charge in [0.15, 0.2) is 0 Å². The van der Waals surface area contributed by atoms with Gasteiger partial charge in [-0.3, -0.25) is 4.79 Å². The summed E-state index contributed by atoms with van der Waals surface area (Å²) >= 11 is 12.0. The Balaban J connectivity index is 2.83. The quantitative estimate of drug-likeness (QED) is 0.801. The smallest absolute Gasteiger partial charge is 0.343 e. The minimum atomic E-state index is -0.656. The number of aryl methyl sites for hydroxylation is 1. The number of hydrogen-bond acceptors (Lipinski definition) is 3. The van der Waals surface area contributed by atoms with Gasteiger partial charge in [0.1, 0.15) is 5.56 Å². The molecule has 6 heteroatoms. The van der Waals surface area contributed by atoms with Crippen molar-refractivity contribution in [3.05, 3.63) is 44.2 Å². The zero-order valence-electron chi connectivity index (χ0n) is 10.4. The van der Waals surface area contributed by atoms with Gasteiger partial charge in [-0.1, -0.05) is 23.2 Å². The highest BCUT2D eigenvalue weighted by atomic mass is 35.5. The third-order valence-corrected chi connectivity index (χ3v) is 3.22. The van der Waals surface area contributed by atoms with Crippen LogP contribution < -0.4 is 5.43 Å². The number of nitrogens with zero attached hydrogens (tertiary/aromatic N) is 1. The molecular weight excluding hydrogens is 289 g/mol. The summed E-state index contributed by atoms with van der Waals surface area (Å²) < 4.78 is 6.48. The van der Waals surface area contributed by atoms with Crippen LogP contribution in [0.25, 0.3) is 10.9 Å². The molecule has 1 aromatic carbocycles. The zero-order valence-corrected chi connectivity index (χ0v) is 11.9. The molecule has 0 bridgehead atoms. The van der Waals surface area contributed by atoms with Crippen LogP contribution >= 0.6 is 23.2 Å². The van der Waals surface area contributed by atoms with E-state index in [1.54, 1.807) is 24.6 Å². The van der Waals surface area contributed by atoms with Gasteiger partial charge in [-0.05, 0) is 19.1 Å². The molecule has 0 fully saturated rings. The topological polar surface area (TPSA) is 48.3 Å². The average molecular weight is 300 g/mol. The number of esters is 1. The molecule has 0 amide bonds. The number of fused-ring (bicyclic) bond motifs is 1. The van der Waals surface area contributed by atoms with Crippen LogP contribution in [-0.2, 0) is 11.8 Å². The largest absolute Gasteiger partial charge is 0.462 e. The fraction of sp³-hybridized carbons (Fsp3) is 0.231. The van der Waals surface area contributed by atoms with Crippen molar-refractivity contribution in [2.24, 2.45) is 7.05 Å². The predicted molar refractivity (Wildman–Crippen MR) is 75.2 cm³/mol. The first-order valence-electron chi connectivity index (χ1n) is 5.61. The van der Waals surface area contributed by atoms with Gasteiger partial charge in [0, 0.05) is 18.3 Å². The maximum Gasteiger partial charge on any atom is 0.343 e. The first-order chi connectivity index (χ1) is 8.95. The van der Waals surface area contributed by atoms with Gasteiger partial charge >= 0.3 is 5.97 Å². The van der Waals surface area contributed by atoms with Crippen LogP contribution in [0, 0.1) is 0 Å². The lowest BCUT2D eigenvalue weighted by Crippen LogP contribution is -2.20. The van der Waals surface area contributed by atoms with E-state index in [1.165, 1.54) is 12.3 Å². The van der Waals surface area contributed by atoms with Crippen molar-refractivity contribution in [3.63, 3.8) is 0 Å². The van der Waals surface area contributed by atoms with E-state index in [1.807, 2.05) is 0 Å². The number of hydrogen-bond donors (Lipinski definition) is 0. The maximum absolute atomic E-state index is 12.3. The van der Waals surface area contributed by atoms with Crippen molar-refractivity contribution in [2.45, 2.75) is 6.92 Å². The number of benzene rings is 1. The van der Waals surface area contributed by atoms with Crippen molar-refractivity contribution in [1.82, 2.24) is 4.57 Å². The summed E-state index contributed by atoms with van der Waals surface area (Å²) in [5.41, 5.74) is 0.0739. The molecule has 100 valence electrons. The highest BCUT2D eigenvalue weighted by Gasteiger charge is 2.17. The fourth-order valence-electron chi connectivity index (χ4n) is 1.87. The number of ether oxygens (including phenoxy) is 1. The maximum atomic E-state index is 12.3. The van der Waals surface area contributed by atoms with Crippen molar-refractivity contribution >= 4 is 40.1 Å². The van der Waals surface area contributed by atoms with Gasteiger partial charge in [0.25, 0.3) is 0 Å². The van der Waals surface area contributed by atoms with Gasteiger partial charge in [-0.15, -0.1) is 0 Å². The number of halogens is 2. The van der Waals surface area contributed by atoms with Crippen molar-refractivity contribution in [3.8, 4) is 0 Å². The van der Waals surface area contributed by atoms with Gasteiger partial charge in [0.2, 0.25) is 5.43 Å². The van der Waals surface area contributed by atoms with Crippen molar-refractivity contribution < 1.29 is 9.53 Å². The Morgan fingerprint density at radius 3 is 2.68 bits per heavy atom. The summed E-state index contributed by atoms with van der Waals surface area (Å²) in [4.78, 5) is 24.0. The molecule has 0 saturated carbocycles. The Kier molecular flexibility index (Phi) is 3.83. The molecule has 19 heavy (non-hydrogen) atoms. The molecule has 0 atom stereocenters. The van der Waals surface area contributed by atoms with E-state index in [-0.39, 0.29) is 22.6 Å². The lowest BCUT2D eigenvalue weighted by molar-refractivity contribution is 0.0524. The third-order valence-electron chi connectivity index (χ3n) is 2.70. The van der Waals surface area contributed by atoms with E-state index >= 15 is 0 Å². The molecule has 0 radical (unpaired) electrons. The number of aromatic nitrogens is 1. The van der Waals surface area contributed by atoms with Gasteiger partial charge in [-0.25, -0.2) is 4.79 Å². The standard InChI is InChI=1S/C13H11Cl2NO3/c1-3-19-13(18)8-6-16(2)10-5-7(14)4-9(15)11(10)12(8)17/h4-6H,3H2,1-2H3. The Morgan fingerprint density at radius 1 is 1.37 bits per heavy atom. The summed E-state index contributed by atoms with van der Waals surface area (Å²) in [6.45, 7) is 1.88. The van der Waals surface area contributed by atoms with E-state index in [2.05, 4.69) is 0 Å². The van der Waals surface area contributed by atoms with E-state index in [0.29, 0.717) is 10.5 Å². The first kappa shape index (κ1) is 13.9. The van der Waals surface area contributed by atoms with Crippen LogP contribution in [0.2, 0.25) is 10.0 Å². The molecule has 4 nitrogen and oxygen atoms in total. The number of carbonyl (C=O) groups excluding carboxylic acids is 1. The number of rotatable bonds is 2.